The van der Waals surface area contributed by atoms with E-state index in [1.165, 1.54) is 18.4 Å². The standard InChI is InChI=1S/C18H22N2O/c1-3-14-5-4-6-15-11-16(12-21)18(19-17(14)15)20-9-7-13(2)8-10-20/h4-6,11-13H,3,7-10H2,1-2H3. The number of hydrogen-bond acceptors (Lipinski definition) is 3. The molecule has 0 N–H and O–H groups in total. The van der Waals surface area contributed by atoms with Gasteiger partial charge in [0.05, 0.1) is 11.1 Å². The maximum Gasteiger partial charge on any atom is 0.153 e. The lowest BCUT2D eigenvalue weighted by atomic mass is 9.98. The molecule has 110 valence electrons. The molecule has 0 bridgehead atoms. The highest BCUT2D eigenvalue weighted by atomic mass is 16.1. The number of carbonyl (C=O) groups excluding carboxylic acids is 1. The molecule has 0 saturated carbocycles. The molecule has 3 heteroatoms. The summed E-state index contributed by atoms with van der Waals surface area (Å²) in [5.41, 5.74) is 3.00. The number of aromatic nitrogens is 1. The largest absolute Gasteiger partial charge is 0.356 e. The maximum absolute atomic E-state index is 11.5. The SMILES string of the molecule is CCc1cccc2cc(C=O)c(N3CCC(C)CC3)nc12. The number of pyridine rings is 1. The molecule has 0 unspecified atom stereocenters. The van der Waals surface area contributed by atoms with E-state index in [1.807, 2.05) is 18.2 Å². The molecule has 0 spiro atoms. The molecule has 0 atom stereocenters. The van der Waals surface area contributed by atoms with Crippen LogP contribution in [0.3, 0.4) is 0 Å². The number of nitrogens with zero attached hydrogens (tertiary/aromatic N) is 2. The predicted molar refractivity (Wildman–Crippen MR) is 87.1 cm³/mol. The van der Waals surface area contributed by atoms with Gasteiger partial charge in [-0.05, 0) is 36.8 Å². The van der Waals surface area contributed by atoms with Crippen LogP contribution >= 0.6 is 0 Å². The number of fused-ring (bicyclic) bond motifs is 1. The monoisotopic (exact) mass is 282 g/mol. The second kappa shape index (κ2) is 5.84. The van der Waals surface area contributed by atoms with Crippen LogP contribution in [0.4, 0.5) is 5.82 Å². The molecule has 1 saturated heterocycles. The molecule has 0 radical (unpaired) electrons. The highest BCUT2D eigenvalue weighted by Gasteiger charge is 2.20. The number of rotatable bonds is 3. The molecular formula is C18H22N2O. The van der Waals surface area contributed by atoms with Gasteiger partial charge >= 0.3 is 0 Å². The summed E-state index contributed by atoms with van der Waals surface area (Å²) in [6.45, 7) is 6.43. The molecule has 1 aliphatic rings. The Hall–Kier alpha value is -1.90. The molecule has 21 heavy (non-hydrogen) atoms. The van der Waals surface area contributed by atoms with E-state index in [1.54, 1.807) is 0 Å². The van der Waals surface area contributed by atoms with Crippen LogP contribution in [0.2, 0.25) is 0 Å². The van der Waals surface area contributed by atoms with Gasteiger partial charge in [-0.15, -0.1) is 0 Å². The molecule has 1 aromatic heterocycles. The molecular weight excluding hydrogens is 260 g/mol. The highest BCUT2D eigenvalue weighted by molar-refractivity contribution is 5.93. The zero-order chi connectivity index (χ0) is 14.8. The van der Waals surface area contributed by atoms with Gasteiger partial charge in [-0.2, -0.15) is 0 Å². The summed E-state index contributed by atoms with van der Waals surface area (Å²) in [6.07, 6.45) is 4.25. The van der Waals surface area contributed by atoms with Crippen molar-refractivity contribution in [3.05, 3.63) is 35.4 Å². The van der Waals surface area contributed by atoms with Gasteiger partial charge in [0.2, 0.25) is 0 Å². The van der Waals surface area contributed by atoms with Crippen molar-refractivity contribution >= 4 is 23.0 Å². The first-order valence-corrected chi connectivity index (χ1v) is 7.85. The Balaban J connectivity index is 2.09. The summed E-state index contributed by atoms with van der Waals surface area (Å²) in [5, 5.41) is 1.06. The Morgan fingerprint density at radius 3 is 2.76 bits per heavy atom. The first-order valence-electron chi connectivity index (χ1n) is 7.85. The Kier molecular flexibility index (Phi) is 3.91. The van der Waals surface area contributed by atoms with Gasteiger partial charge in [0.25, 0.3) is 0 Å². The number of piperidine rings is 1. The summed E-state index contributed by atoms with van der Waals surface area (Å²) in [6, 6.07) is 8.19. The summed E-state index contributed by atoms with van der Waals surface area (Å²) < 4.78 is 0. The van der Waals surface area contributed by atoms with Crippen LogP contribution in [0, 0.1) is 5.92 Å². The topological polar surface area (TPSA) is 33.2 Å². The van der Waals surface area contributed by atoms with Crippen molar-refractivity contribution in [2.75, 3.05) is 18.0 Å². The minimum Gasteiger partial charge on any atom is -0.356 e. The Bertz CT molecular complexity index is 658. The zero-order valence-electron chi connectivity index (χ0n) is 12.8. The molecule has 3 rings (SSSR count). The molecule has 3 nitrogen and oxygen atoms in total. The van der Waals surface area contributed by atoms with Gasteiger partial charge < -0.3 is 4.90 Å². The average Bonchev–Trinajstić information content (AvgIpc) is 2.53. The minimum absolute atomic E-state index is 0.713. The van der Waals surface area contributed by atoms with E-state index in [9.17, 15) is 4.79 Å². The number of anilines is 1. The summed E-state index contributed by atoms with van der Waals surface area (Å²) in [5.74, 6) is 1.64. The fourth-order valence-electron chi connectivity index (χ4n) is 3.11. The lowest BCUT2D eigenvalue weighted by Gasteiger charge is -2.32. The molecule has 1 aromatic carbocycles. The van der Waals surface area contributed by atoms with Gasteiger partial charge in [0.1, 0.15) is 5.82 Å². The van der Waals surface area contributed by atoms with Crippen LogP contribution in [-0.4, -0.2) is 24.4 Å². The maximum atomic E-state index is 11.5. The van der Waals surface area contributed by atoms with Gasteiger partial charge in [-0.3, -0.25) is 4.79 Å². The molecule has 1 fully saturated rings. The third-order valence-corrected chi connectivity index (χ3v) is 4.53. The van der Waals surface area contributed by atoms with Crippen molar-refractivity contribution in [3.8, 4) is 0 Å². The first kappa shape index (κ1) is 14.1. The third kappa shape index (κ3) is 2.65. The fraction of sp³-hybridized carbons (Fsp3) is 0.444. The molecule has 2 aromatic rings. The third-order valence-electron chi connectivity index (χ3n) is 4.53. The number of hydrogen-bond donors (Lipinski definition) is 0. The van der Waals surface area contributed by atoms with Crippen LogP contribution < -0.4 is 4.90 Å². The Labute approximate surface area is 126 Å². The lowest BCUT2D eigenvalue weighted by molar-refractivity contribution is 0.112. The average molecular weight is 282 g/mol. The highest BCUT2D eigenvalue weighted by Crippen LogP contribution is 2.28. The second-order valence-electron chi connectivity index (χ2n) is 6.03. The second-order valence-corrected chi connectivity index (χ2v) is 6.03. The minimum atomic E-state index is 0.713. The Morgan fingerprint density at radius 1 is 1.33 bits per heavy atom. The van der Waals surface area contributed by atoms with Crippen molar-refractivity contribution in [2.45, 2.75) is 33.1 Å². The van der Waals surface area contributed by atoms with Gasteiger partial charge in [-0.1, -0.05) is 32.0 Å². The van der Waals surface area contributed by atoms with Crippen LogP contribution in [0.15, 0.2) is 24.3 Å². The summed E-state index contributed by atoms with van der Waals surface area (Å²) in [4.78, 5) is 18.6. The molecule has 2 heterocycles. The number of benzene rings is 1. The van der Waals surface area contributed by atoms with E-state index in [2.05, 4.69) is 24.8 Å². The van der Waals surface area contributed by atoms with Gasteiger partial charge in [-0.25, -0.2) is 4.98 Å². The summed E-state index contributed by atoms with van der Waals surface area (Å²) in [7, 11) is 0. The number of aryl methyl sites for hydroxylation is 1. The summed E-state index contributed by atoms with van der Waals surface area (Å²) >= 11 is 0. The molecule has 0 amide bonds. The van der Waals surface area contributed by atoms with Crippen molar-refractivity contribution in [3.63, 3.8) is 0 Å². The molecule has 1 aliphatic heterocycles. The van der Waals surface area contributed by atoms with Crippen molar-refractivity contribution in [2.24, 2.45) is 5.92 Å². The normalized spacial score (nSPS) is 16.4. The quantitative estimate of drug-likeness (QED) is 0.802. The molecule has 0 aliphatic carbocycles. The smallest absolute Gasteiger partial charge is 0.153 e. The lowest BCUT2D eigenvalue weighted by Crippen LogP contribution is -2.34. The number of carbonyl (C=O) groups is 1. The predicted octanol–water partition coefficient (Wildman–Crippen LogP) is 3.85. The van der Waals surface area contributed by atoms with E-state index >= 15 is 0 Å². The van der Waals surface area contributed by atoms with Crippen LogP contribution in [0.1, 0.15) is 42.6 Å². The number of para-hydroxylation sites is 1. The van der Waals surface area contributed by atoms with Crippen LogP contribution in [0.25, 0.3) is 10.9 Å². The van der Waals surface area contributed by atoms with E-state index in [0.717, 1.165) is 48.4 Å². The zero-order valence-corrected chi connectivity index (χ0v) is 12.8. The van der Waals surface area contributed by atoms with Crippen molar-refractivity contribution < 1.29 is 4.79 Å². The first-order chi connectivity index (χ1) is 10.2. The van der Waals surface area contributed by atoms with Crippen molar-refractivity contribution in [1.29, 1.82) is 0 Å². The van der Waals surface area contributed by atoms with Crippen molar-refractivity contribution in [1.82, 2.24) is 4.98 Å². The van der Waals surface area contributed by atoms with Gasteiger partial charge in [0, 0.05) is 18.5 Å². The van der Waals surface area contributed by atoms with E-state index in [-0.39, 0.29) is 0 Å². The van der Waals surface area contributed by atoms with Crippen LogP contribution in [-0.2, 0) is 6.42 Å². The Morgan fingerprint density at radius 2 is 2.10 bits per heavy atom. The van der Waals surface area contributed by atoms with E-state index < -0.39 is 0 Å². The van der Waals surface area contributed by atoms with E-state index in [4.69, 9.17) is 4.98 Å². The number of aldehydes is 1. The van der Waals surface area contributed by atoms with Gasteiger partial charge in [0.15, 0.2) is 6.29 Å². The van der Waals surface area contributed by atoms with E-state index in [0.29, 0.717) is 5.56 Å². The fourth-order valence-corrected chi connectivity index (χ4v) is 3.11. The van der Waals surface area contributed by atoms with Crippen LogP contribution in [0.5, 0.6) is 0 Å².